The predicted octanol–water partition coefficient (Wildman–Crippen LogP) is 3.57. The van der Waals surface area contributed by atoms with Gasteiger partial charge in [-0.15, -0.1) is 0 Å². The molecule has 1 amide bonds. The van der Waals surface area contributed by atoms with E-state index in [9.17, 15) is 19.7 Å². The SMILES string of the molecule is COC(=O)[C@@H](Cc1ccccc1[N+](=O)[O-])C1CCN(C(=O)OC(C)(C)C)CC1. The number of rotatable bonds is 5. The summed E-state index contributed by atoms with van der Waals surface area (Å²) in [7, 11) is 1.32. The number of likely N-dealkylation sites (tertiary alicyclic amines) is 1. The van der Waals surface area contributed by atoms with Crippen molar-refractivity contribution in [2.75, 3.05) is 20.2 Å². The van der Waals surface area contributed by atoms with Crippen LogP contribution in [0.1, 0.15) is 39.2 Å². The molecule has 1 aromatic carbocycles. The van der Waals surface area contributed by atoms with Crippen LogP contribution in [0.4, 0.5) is 10.5 Å². The second kappa shape index (κ2) is 9.03. The molecule has 0 radical (unpaired) electrons. The van der Waals surface area contributed by atoms with Crippen LogP contribution in [-0.2, 0) is 20.7 Å². The number of nitro benzene ring substituents is 1. The Labute approximate surface area is 164 Å². The number of carbonyl (C=O) groups excluding carboxylic acids is 2. The Balaban J connectivity index is 2.09. The molecule has 1 saturated heterocycles. The van der Waals surface area contributed by atoms with Crippen LogP contribution >= 0.6 is 0 Å². The number of methoxy groups -OCH3 is 1. The van der Waals surface area contributed by atoms with E-state index in [2.05, 4.69) is 0 Å². The zero-order valence-corrected chi connectivity index (χ0v) is 16.8. The summed E-state index contributed by atoms with van der Waals surface area (Å²) in [6.45, 7) is 6.40. The van der Waals surface area contributed by atoms with Gasteiger partial charge in [0.25, 0.3) is 5.69 Å². The van der Waals surface area contributed by atoms with E-state index >= 15 is 0 Å². The molecule has 1 atom stereocenters. The highest BCUT2D eigenvalue weighted by Crippen LogP contribution is 2.32. The molecule has 28 heavy (non-hydrogen) atoms. The lowest BCUT2D eigenvalue weighted by Gasteiger charge is -2.35. The Morgan fingerprint density at radius 3 is 2.39 bits per heavy atom. The molecule has 0 aromatic heterocycles. The number of benzene rings is 1. The minimum Gasteiger partial charge on any atom is -0.469 e. The van der Waals surface area contributed by atoms with Crippen LogP contribution in [0.3, 0.4) is 0 Å². The average Bonchev–Trinajstić information content (AvgIpc) is 2.64. The summed E-state index contributed by atoms with van der Waals surface area (Å²) in [6, 6.07) is 6.44. The number of amides is 1. The third-order valence-corrected chi connectivity index (χ3v) is 4.89. The molecule has 1 aromatic rings. The van der Waals surface area contributed by atoms with Crippen LogP contribution in [0.2, 0.25) is 0 Å². The van der Waals surface area contributed by atoms with E-state index in [1.165, 1.54) is 13.2 Å². The number of ether oxygens (including phenoxy) is 2. The van der Waals surface area contributed by atoms with Gasteiger partial charge < -0.3 is 14.4 Å². The van der Waals surface area contributed by atoms with Crippen molar-refractivity contribution in [3.05, 3.63) is 39.9 Å². The standard InChI is InChI=1S/C20H28N2O6/c1-20(2,3)28-19(24)21-11-9-14(10-12-21)16(18(23)27-4)13-15-7-5-6-8-17(15)22(25)26/h5-8,14,16H,9-13H2,1-4H3/t16-/m0/s1. The van der Waals surface area contributed by atoms with Gasteiger partial charge in [0.05, 0.1) is 18.0 Å². The van der Waals surface area contributed by atoms with Gasteiger partial charge in [0.15, 0.2) is 0 Å². The molecule has 0 spiro atoms. The van der Waals surface area contributed by atoms with Crippen molar-refractivity contribution in [2.24, 2.45) is 11.8 Å². The zero-order valence-electron chi connectivity index (χ0n) is 16.8. The van der Waals surface area contributed by atoms with Gasteiger partial charge in [-0.25, -0.2) is 4.79 Å². The maximum Gasteiger partial charge on any atom is 0.410 e. The zero-order chi connectivity index (χ0) is 20.9. The molecule has 0 bridgehead atoms. The van der Waals surface area contributed by atoms with Crippen molar-refractivity contribution in [3.8, 4) is 0 Å². The van der Waals surface area contributed by atoms with Gasteiger partial charge in [0, 0.05) is 24.7 Å². The minimum atomic E-state index is -0.561. The molecule has 154 valence electrons. The van der Waals surface area contributed by atoms with Gasteiger partial charge in [0.2, 0.25) is 0 Å². The number of esters is 1. The fourth-order valence-corrected chi connectivity index (χ4v) is 3.50. The molecule has 8 heteroatoms. The van der Waals surface area contributed by atoms with Crippen LogP contribution in [0.5, 0.6) is 0 Å². The van der Waals surface area contributed by atoms with Crippen LogP contribution in [0, 0.1) is 22.0 Å². The molecule has 0 N–H and O–H groups in total. The second-order valence-corrected chi connectivity index (χ2v) is 8.02. The normalized spacial score (nSPS) is 16.4. The highest BCUT2D eigenvalue weighted by Gasteiger charge is 2.35. The summed E-state index contributed by atoms with van der Waals surface area (Å²) in [6.07, 6.45) is 1.10. The van der Waals surface area contributed by atoms with E-state index in [4.69, 9.17) is 9.47 Å². The summed E-state index contributed by atoms with van der Waals surface area (Å²) < 4.78 is 10.4. The quantitative estimate of drug-likeness (QED) is 0.431. The first-order valence-electron chi connectivity index (χ1n) is 9.40. The average molecular weight is 392 g/mol. The molecule has 2 rings (SSSR count). The maximum atomic E-state index is 12.4. The number of nitro groups is 1. The number of carbonyl (C=O) groups is 2. The van der Waals surface area contributed by atoms with E-state index in [-0.39, 0.29) is 30.1 Å². The highest BCUT2D eigenvalue weighted by molar-refractivity contribution is 5.73. The molecular weight excluding hydrogens is 364 g/mol. The van der Waals surface area contributed by atoms with Crippen LogP contribution < -0.4 is 0 Å². The molecule has 0 aliphatic carbocycles. The first-order valence-corrected chi connectivity index (χ1v) is 9.40. The van der Waals surface area contributed by atoms with Crippen LogP contribution in [-0.4, -0.2) is 47.7 Å². The van der Waals surface area contributed by atoms with Gasteiger partial charge in [-0.05, 0) is 46.0 Å². The lowest BCUT2D eigenvalue weighted by atomic mass is 9.80. The van der Waals surface area contributed by atoms with Crippen LogP contribution in [0.25, 0.3) is 0 Å². The van der Waals surface area contributed by atoms with E-state index in [1.54, 1.807) is 23.1 Å². The van der Waals surface area contributed by atoms with Crippen molar-refractivity contribution in [1.29, 1.82) is 0 Å². The lowest BCUT2D eigenvalue weighted by Crippen LogP contribution is -2.44. The number of hydrogen-bond acceptors (Lipinski definition) is 6. The van der Waals surface area contributed by atoms with Crippen molar-refractivity contribution >= 4 is 17.7 Å². The molecule has 0 unspecified atom stereocenters. The summed E-state index contributed by atoms with van der Waals surface area (Å²) in [5, 5.41) is 11.3. The van der Waals surface area contributed by atoms with Crippen molar-refractivity contribution < 1.29 is 24.0 Å². The molecular formula is C20H28N2O6. The van der Waals surface area contributed by atoms with Gasteiger partial charge in [-0.1, -0.05) is 18.2 Å². The summed E-state index contributed by atoms with van der Waals surface area (Å²) in [5.74, 6) is -0.897. The highest BCUT2D eigenvalue weighted by atomic mass is 16.6. The van der Waals surface area contributed by atoms with Crippen molar-refractivity contribution in [3.63, 3.8) is 0 Å². The van der Waals surface area contributed by atoms with Gasteiger partial charge in [-0.3, -0.25) is 14.9 Å². The molecule has 0 saturated carbocycles. The monoisotopic (exact) mass is 392 g/mol. The van der Waals surface area contributed by atoms with Crippen LogP contribution in [0.15, 0.2) is 24.3 Å². The second-order valence-electron chi connectivity index (χ2n) is 8.02. The smallest absolute Gasteiger partial charge is 0.410 e. The summed E-state index contributed by atoms with van der Waals surface area (Å²) >= 11 is 0. The van der Waals surface area contributed by atoms with E-state index in [0.717, 1.165) is 0 Å². The predicted molar refractivity (Wildman–Crippen MR) is 103 cm³/mol. The number of nitrogens with zero attached hydrogens (tertiary/aromatic N) is 2. The molecule has 1 heterocycles. The Kier molecular flexibility index (Phi) is 6.99. The summed E-state index contributed by atoms with van der Waals surface area (Å²) in [5.41, 5.74) is -0.0468. The number of hydrogen-bond donors (Lipinski definition) is 0. The van der Waals surface area contributed by atoms with E-state index < -0.39 is 16.4 Å². The first-order chi connectivity index (χ1) is 13.1. The topological polar surface area (TPSA) is 99.0 Å². The molecule has 1 aliphatic rings. The first kappa shape index (κ1) is 21.7. The molecule has 1 aliphatic heterocycles. The largest absolute Gasteiger partial charge is 0.469 e. The fourth-order valence-electron chi connectivity index (χ4n) is 3.50. The Morgan fingerprint density at radius 1 is 1.25 bits per heavy atom. The van der Waals surface area contributed by atoms with E-state index in [1.807, 2.05) is 20.8 Å². The third kappa shape index (κ3) is 5.68. The fraction of sp³-hybridized carbons (Fsp3) is 0.600. The minimum absolute atomic E-state index is 0.00240. The number of piperidine rings is 1. The van der Waals surface area contributed by atoms with Gasteiger partial charge in [-0.2, -0.15) is 0 Å². The maximum absolute atomic E-state index is 12.4. The lowest BCUT2D eigenvalue weighted by molar-refractivity contribution is -0.385. The third-order valence-electron chi connectivity index (χ3n) is 4.89. The molecule has 8 nitrogen and oxygen atoms in total. The van der Waals surface area contributed by atoms with E-state index in [0.29, 0.717) is 31.5 Å². The van der Waals surface area contributed by atoms with Crippen molar-refractivity contribution in [1.82, 2.24) is 4.90 Å². The Morgan fingerprint density at radius 2 is 1.86 bits per heavy atom. The van der Waals surface area contributed by atoms with Gasteiger partial charge in [0.1, 0.15) is 5.60 Å². The number of para-hydroxylation sites is 1. The van der Waals surface area contributed by atoms with Gasteiger partial charge >= 0.3 is 12.1 Å². The Hall–Kier alpha value is -2.64. The Bertz CT molecular complexity index is 720. The summed E-state index contributed by atoms with van der Waals surface area (Å²) in [4.78, 5) is 37.1. The van der Waals surface area contributed by atoms with Crippen molar-refractivity contribution in [2.45, 2.75) is 45.6 Å². The molecule has 1 fully saturated rings.